The molecule has 3 nitrogen and oxygen atoms in total. The number of amides is 1. The second kappa shape index (κ2) is 5.35. The van der Waals surface area contributed by atoms with Crippen molar-refractivity contribution < 1.29 is 4.79 Å². The predicted molar refractivity (Wildman–Crippen MR) is 83.2 cm³/mol. The van der Waals surface area contributed by atoms with Crippen LogP contribution in [0, 0.1) is 0 Å². The summed E-state index contributed by atoms with van der Waals surface area (Å²) in [6.07, 6.45) is 2.27. The molecule has 0 fully saturated rings. The Hall–Kier alpha value is -1.33. The van der Waals surface area contributed by atoms with Crippen LogP contribution >= 0.6 is 27.3 Å². The van der Waals surface area contributed by atoms with Crippen LogP contribution in [0.15, 0.2) is 34.1 Å². The van der Waals surface area contributed by atoms with Gasteiger partial charge in [0, 0.05) is 17.9 Å². The molecule has 5 heteroatoms. The van der Waals surface area contributed by atoms with Crippen molar-refractivity contribution in [1.82, 2.24) is 0 Å². The lowest BCUT2D eigenvalue weighted by atomic mass is 10.0. The minimum Gasteiger partial charge on any atom is -0.385 e. The van der Waals surface area contributed by atoms with Crippen LogP contribution in [0.4, 0.5) is 11.4 Å². The third-order valence-corrected chi connectivity index (χ3v) is 4.73. The van der Waals surface area contributed by atoms with Crippen LogP contribution in [-0.4, -0.2) is 12.5 Å². The first-order valence-electron chi connectivity index (χ1n) is 6.16. The van der Waals surface area contributed by atoms with E-state index in [1.165, 1.54) is 23.3 Å². The van der Waals surface area contributed by atoms with E-state index in [2.05, 4.69) is 32.6 Å². The van der Waals surface area contributed by atoms with Crippen molar-refractivity contribution in [3.05, 3.63) is 44.6 Å². The van der Waals surface area contributed by atoms with Crippen molar-refractivity contribution in [2.24, 2.45) is 0 Å². The second-order valence-electron chi connectivity index (χ2n) is 4.46. The highest BCUT2D eigenvalue weighted by molar-refractivity contribution is 9.11. The number of carbonyl (C=O) groups excluding carboxylic acids is 1. The summed E-state index contributed by atoms with van der Waals surface area (Å²) in [6, 6.07) is 9.76. The summed E-state index contributed by atoms with van der Waals surface area (Å²) < 4.78 is 0.963. The van der Waals surface area contributed by atoms with Crippen LogP contribution in [0.25, 0.3) is 0 Å². The van der Waals surface area contributed by atoms with Gasteiger partial charge in [0.15, 0.2) is 0 Å². The standard InChI is InChI=1S/C14H13BrN2OS/c15-13-6-5-12(19-13)14(18)17-10-4-3-9-2-1-7-16-11(9)8-10/h3-6,8,16H,1-2,7H2,(H,17,18). The van der Waals surface area contributed by atoms with Crippen molar-refractivity contribution in [1.29, 1.82) is 0 Å². The van der Waals surface area contributed by atoms with E-state index in [0.29, 0.717) is 4.88 Å². The van der Waals surface area contributed by atoms with Crippen molar-refractivity contribution in [3.8, 4) is 0 Å². The molecule has 3 rings (SSSR count). The molecule has 0 radical (unpaired) electrons. The molecule has 0 atom stereocenters. The van der Waals surface area contributed by atoms with Crippen molar-refractivity contribution in [3.63, 3.8) is 0 Å². The van der Waals surface area contributed by atoms with Crippen LogP contribution in [-0.2, 0) is 6.42 Å². The Balaban J connectivity index is 1.78. The number of hydrogen-bond acceptors (Lipinski definition) is 3. The lowest BCUT2D eigenvalue weighted by molar-refractivity contribution is 0.103. The molecule has 0 unspecified atom stereocenters. The van der Waals surface area contributed by atoms with Gasteiger partial charge in [-0.25, -0.2) is 0 Å². The Morgan fingerprint density at radius 2 is 2.21 bits per heavy atom. The van der Waals surface area contributed by atoms with Gasteiger partial charge in [-0.15, -0.1) is 11.3 Å². The zero-order chi connectivity index (χ0) is 13.2. The van der Waals surface area contributed by atoms with Crippen molar-refractivity contribution >= 4 is 44.5 Å². The number of fused-ring (bicyclic) bond motifs is 1. The molecule has 1 aromatic carbocycles. The molecule has 0 spiro atoms. The number of halogens is 1. The molecule has 2 N–H and O–H groups in total. The molecular formula is C14H13BrN2OS. The summed E-state index contributed by atoms with van der Waals surface area (Å²) in [7, 11) is 0. The summed E-state index contributed by atoms with van der Waals surface area (Å²) in [5, 5.41) is 6.30. The molecule has 2 aromatic rings. The van der Waals surface area contributed by atoms with E-state index >= 15 is 0 Å². The molecule has 0 saturated heterocycles. The first kappa shape index (κ1) is 12.7. The number of carbonyl (C=O) groups is 1. The quantitative estimate of drug-likeness (QED) is 0.865. The van der Waals surface area contributed by atoms with Gasteiger partial charge < -0.3 is 10.6 Å². The van der Waals surface area contributed by atoms with Gasteiger partial charge in [0.25, 0.3) is 5.91 Å². The molecule has 0 saturated carbocycles. The Bertz CT molecular complexity index is 624. The summed E-state index contributed by atoms with van der Waals surface area (Å²) in [4.78, 5) is 12.8. The van der Waals surface area contributed by atoms with Crippen molar-refractivity contribution in [2.45, 2.75) is 12.8 Å². The smallest absolute Gasteiger partial charge is 0.265 e. The summed E-state index contributed by atoms with van der Waals surface area (Å²) in [5.74, 6) is -0.0635. The fourth-order valence-corrected chi connectivity index (χ4v) is 3.45. The number of thiophene rings is 1. The first-order chi connectivity index (χ1) is 9.22. The molecule has 98 valence electrons. The molecule has 1 aliphatic rings. The zero-order valence-electron chi connectivity index (χ0n) is 10.2. The Kier molecular flexibility index (Phi) is 3.57. The normalized spacial score (nSPS) is 13.5. The highest BCUT2D eigenvalue weighted by Gasteiger charge is 2.12. The molecule has 1 aliphatic heterocycles. The third-order valence-electron chi connectivity index (χ3n) is 3.10. The van der Waals surface area contributed by atoms with Gasteiger partial charge in [-0.3, -0.25) is 4.79 Å². The van der Waals surface area contributed by atoms with Gasteiger partial charge in [0.1, 0.15) is 0 Å². The lowest BCUT2D eigenvalue weighted by Crippen LogP contribution is -2.14. The monoisotopic (exact) mass is 336 g/mol. The molecule has 1 aromatic heterocycles. The van der Waals surface area contributed by atoms with Crippen LogP contribution < -0.4 is 10.6 Å². The van der Waals surface area contributed by atoms with Gasteiger partial charge in [0.2, 0.25) is 0 Å². The molecular weight excluding hydrogens is 324 g/mol. The van der Waals surface area contributed by atoms with Gasteiger partial charge >= 0.3 is 0 Å². The topological polar surface area (TPSA) is 41.1 Å². The number of rotatable bonds is 2. The van der Waals surface area contributed by atoms with E-state index in [9.17, 15) is 4.79 Å². The van der Waals surface area contributed by atoms with E-state index in [1.54, 1.807) is 0 Å². The highest BCUT2D eigenvalue weighted by Crippen LogP contribution is 2.27. The van der Waals surface area contributed by atoms with Crippen LogP contribution in [0.3, 0.4) is 0 Å². The number of nitrogens with one attached hydrogen (secondary N) is 2. The summed E-state index contributed by atoms with van der Waals surface area (Å²) in [5.41, 5.74) is 3.29. The molecule has 0 bridgehead atoms. The van der Waals surface area contributed by atoms with Gasteiger partial charge in [0.05, 0.1) is 8.66 Å². The molecule has 1 amide bonds. The maximum absolute atomic E-state index is 12.1. The summed E-state index contributed by atoms with van der Waals surface area (Å²) in [6.45, 7) is 1.00. The number of hydrogen-bond donors (Lipinski definition) is 2. The van der Waals surface area contributed by atoms with Gasteiger partial charge in [-0.05, 0) is 58.6 Å². The maximum Gasteiger partial charge on any atom is 0.265 e. The molecule has 0 aliphatic carbocycles. The average molecular weight is 337 g/mol. The minimum absolute atomic E-state index is 0.0635. The fourth-order valence-electron chi connectivity index (χ4n) is 2.17. The average Bonchev–Trinajstić information content (AvgIpc) is 2.85. The van der Waals surface area contributed by atoms with Gasteiger partial charge in [-0.1, -0.05) is 6.07 Å². The predicted octanol–water partition coefficient (Wildman–Crippen LogP) is 4.12. The maximum atomic E-state index is 12.1. The van der Waals surface area contributed by atoms with E-state index in [-0.39, 0.29) is 5.91 Å². The van der Waals surface area contributed by atoms with Crippen LogP contribution in [0.2, 0.25) is 0 Å². The first-order valence-corrected chi connectivity index (χ1v) is 7.77. The van der Waals surface area contributed by atoms with E-state index in [4.69, 9.17) is 0 Å². The highest BCUT2D eigenvalue weighted by atomic mass is 79.9. The molecule has 19 heavy (non-hydrogen) atoms. The Morgan fingerprint density at radius 1 is 1.32 bits per heavy atom. The van der Waals surface area contributed by atoms with Crippen molar-refractivity contribution in [2.75, 3.05) is 17.2 Å². The minimum atomic E-state index is -0.0635. The largest absolute Gasteiger partial charge is 0.385 e. The van der Waals surface area contributed by atoms with E-state index in [1.807, 2.05) is 24.3 Å². The lowest BCUT2D eigenvalue weighted by Gasteiger charge is -2.18. The van der Waals surface area contributed by atoms with Gasteiger partial charge in [-0.2, -0.15) is 0 Å². The van der Waals surface area contributed by atoms with E-state index < -0.39 is 0 Å². The fraction of sp³-hybridized carbons (Fsp3) is 0.214. The summed E-state index contributed by atoms with van der Waals surface area (Å²) >= 11 is 4.80. The van der Waals surface area contributed by atoms with Crippen LogP contribution in [0.1, 0.15) is 21.7 Å². The second-order valence-corrected chi connectivity index (χ2v) is 6.92. The van der Waals surface area contributed by atoms with E-state index in [0.717, 1.165) is 28.1 Å². The Labute approximate surface area is 124 Å². The number of anilines is 2. The Morgan fingerprint density at radius 3 is 3.00 bits per heavy atom. The number of aryl methyl sites for hydroxylation is 1. The van der Waals surface area contributed by atoms with Crippen LogP contribution in [0.5, 0.6) is 0 Å². The zero-order valence-corrected chi connectivity index (χ0v) is 12.6. The molecule has 2 heterocycles. The number of benzene rings is 1. The SMILES string of the molecule is O=C(Nc1ccc2c(c1)NCCC2)c1ccc(Br)s1. The third kappa shape index (κ3) is 2.82.